The van der Waals surface area contributed by atoms with E-state index in [4.69, 9.17) is 0 Å². The topological polar surface area (TPSA) is 0 Å². The Labute approximate surface area is 192 Å². The molecule has 0 spiro atoms. The normalized spacial score (nSPS) is 15.0. The molecular weight excluding hydrogens is 462 g/mol. The molecule has 0 atom stereocenters. The van der Waals surface area contributed by atoms with E-state index in [1.54, 1.807) is 17.6 Å². The second kappa shape index (κ2) is 10.5. The Bertz CT molecular complexity index is 936. The number of rotatable bonds is 4. The summed E-state index contributed by atoms with van der Waals surface area (Å²) in [5.41, 5.74) is 9.00. The van der Waals surface area contributed by atoms with Gasteiger partial charge in [-0.25, -0.2) is 0 Å². The molecule has 2 aromatic carbocycles. The summed E-state index contributed by atoms with van der Waals surface area (Å²) in [5.74, 6) is 0. The van der Waals surface area contributed by atoms with E-state index in [-0.39, 0.29) is 24.8 Å². The van der Waals surface area contributed by atoms with E-state index in [0.717, 1.165) is 6.42 Å². The molecule has 0 amide bonds. The standard InChI is InChI=1S/C13H10.C12H13.2ClH.Zr/c1-3-7-12(8-4-1)11-13-9-5-2-6-10-13;1-9-7-8-12(10(9)2)11-5-3-4-6-11;;;/h1-10H;3-5H,6,8H2,1-2H3;2*1H;. The van der Waals surface area contributed by atoms with Crippen molar-refractivity contribution in [1.82, 2.24) is 0 Å². The molecule has 2 aliphatic rings. The summed E-state index contributed by atoms with van der Waals surface area (Å²) in [6.45, 7) is 4.66. The second-order valence-electron chi connectivity index (χ2n) is 6.94. The van der Waals surface area contributed by atoms with Crippen LogP contribution in [0, 0.1) is 0 Å². The minimum Gasteiger partial charge on any atom is -0.147 e. The molecule has 0 aromatic heterocycles. The zero-order valence-corrected chi connectivity index (χ0v) is 20.3. The van der Waals surface area contributed by atoms with Gasteiger partial charge in [-0.05, 0) is 0 Å². The molecule has 4 rings (SSSR count). The predicted octanol–water partition coefficient (Wildman–Crippen LogP) is 7.06. The third kappa shape index (κ3) is 4.83. The fourth-order valence-electron chi connectivity index (χ4n) is 3.73. The van der Waals surface area contributed by atoms with Crippen molar-refractivity contribution in [2.75, 3.05) is 0 Å². The molecule has 0 bridgehead atoms. The summed E-state index contributed by atoms with van der Waals surface area (Å²) < 4.78 is 3.33. The van der Waals surface area contributed by atoms with Gasteiger partial charge in [0.1, 0.15) is 0 Å². The Morgan fingerprint density at radius 2 is 1.36 bits per heavy atom. The fourth-order valence-corrected chi connectivity index (χ4v) is 7.57. The Morgan fingerprint density at radius 1 is 0.786 bits per heavy atom. The van der Waals surface area contributed by atoms with E-state index in [0.29, 0.717) is 0 Å². The monoisotopic (exact) mass is 485 g/mol. The van der Waals surface area contributed by atoms with Gasteiger partial charge in [0.2, 0.25) is 0 Å². The molecule has 0 saturated heterocycles. The van der Waals surface area contributed by atoms with Crippen molar-refractivity contribution in [3.05, 3.63) is 116 Å². The van der Waals surface area contributed by atoms with E-state index in [9.17, 15) is 0 Å². The number of allylic oxidation sites excluding steroid dienone is 8. The zero-order valence-electron chi connectivity index (χ0n) is 16.2. The van der Waals surface area contributed by atoms with E-state index in [1.807, 2.05) is 0 Å². The van der Waals surface area contributed by atoms with E-state index in [1.165, 1.54) is 28.7 Å². The average molecular weight is 488 g/mol. The van der Waals surface area contributed by atoms with Crippen molar-refractivity contribution in [3.8, 4) is 0 Å². The van der Waals surface area contributed by atoms with Crippen LogP contribution in [0.5, 0.6) is 0 Å². The van der Waals surface area contributed by atoms with Gasteiger partial charge in [-0.3, -0.25) is 0 Å². The molecular formula is C25H25Cl2Zr. The van der Waals surface area contributed by atoms with Crippen LogP contribution < -0.4 is 0 Å². The molecule has 0 fully saturated rings. The number of hydrogen-bond acceptors (Lipinski definition) is 0. The summed E-state index contributed by atoms with van der Waals surface area (Å²) >= 11 is -0.871. The van der Waals surface area contributed by atoms with E-state index < -0.39 is 22.8 Å². The Kier molecular flexibility index (Phi) is 8.63. The van der Waals surface area contributed by atoms with Gasteiger partial charge in [0.05, 0.1) is 0 Å². The Morgan fingerprint density at radius 3 is 1.86 bits per heavy atom. The van der Waals surface area contributed by atoms with Crippen molar-refractivity contribution < 1.29 is 22.8 Å². The molecule has 0 aliphatic heterocycles. The van der Waals surface area contributed by atoms with Crippen molar-refractivity contribution in [2.24, 2.45) is 0 Å². The van der Waals surface area contributed by atoms with Crippen molar-refractivity contribution in [1.29, 1.82) is 0 Å². The molecule has 2 aromatic rings. The van der Waals surface area contributed by atoms with Gasteiger partial charge in [-0.2, -0.15) is 0 Å². The van der Waals surface area contributed by atoms with Crippen LogP contribution in [0.15, 0.2) is 104 Å². The maximum absolute atomic E-state index is 2.34. The summed E-state index contributed by atoms with van der Waals surface area (Å²) in [4.78, 5) is 0. The van der Waals surface area contributed by atoms with Gasteiger partial charge < -0.3 is 0 Å². The van der Waals surface area contributed by atoms with Crippen molar-refractivity contribution in [3.63, 3.8) is 0 Å². The average Bonchev–Trinajstić information content (AvgIpc) is 3.31. The van der Waals surface area contributed by atoms with Crippen LogP contribution >= 0.6 is 24.8 Å². The predicted molar refractivity (Wildman–Crippen MR) is 122 cm³/mol. The number of halogens is 2. The minimum atomic E-state index is -0.871. The summed E-state index contributed by atoms with van der Waals surface area (Å²) in [7, 11) is 0. The quantitative estimate of drug-likeness (QED) is 0.433. The fraction of sp³-hybridized carbons (Fsp3) is 0.160. The first kappa shape index (κ1) is 23.0. The van der Waals surface area contributed by atoms with Gasteiger partial charge in [-0.1, -0.05) is 0 Å². The first-order valence-corrected chi connectivity index (χ1v) is 11.7. The Hall–Kier alpha value is -1.27. The molecule has 0 unspecified atom stereocenters. The van der Waals surface area contributed by atoms with Crippen LogP contribution in [0.3, 0.4) is 0 Å². The summed E-state index contributed by atoms with van der Waals surface area (Å²) in [6.07, 6.45) is 9.05. The maximum Gasteiger partial charge on any atom is -0.147 e. The molecule has 28 heavy (non-hydrogen) atoms. The van der Waals surface area contributed by atoms with E-state index in [2.05, 4.69) is 92.7 Å². The molecule has 0 N–H and O–H groups in total. The zero-order chi connectivity index (χ0) is 17.9. The second-order valence-corrected chi connectivity index (χ2v) is 10.3. The van der Waals surface area contributed by atoms with Gasteiger partial charge in [0.15, 0.2) is 0 Å². The SMILES string of the molecule is CC1=[C]([Zr]=[C](c2ccccc2)c2ccccc2)CC(C2=CC=CC2)=C1C.Cl.Cl. The van der Waals surface area contributed by atoms with Crippen LogP contribution in [0.1, 0.15) is 37.8 Å². The first-order valence-electron chi connectivity index (χ1n) is 9.25. The third-order valence-electron chi connectivity index (χ3n) is 5.38. The Balaban J connectivity index is 0.00000140. The molecule has 0 nitrogen and oxygen atoms in total. The van der Waals surface area contributed by atoms with Crippen LogP contribution in [-0.4, -0.2) is 3.21 Å². The van der Waals surface area contributed by atoms with Crippen molar-refractivity contribution in [2.45, 2.75) is 26.7 Å². The van der Waals surface area contributed by atoms with Crippen LogP contribution in [0.25, 0.3) is 0 Å². The van der Waals surface area contributed by atoms with Crippen LogP contribution in [0.4, 0.5) is 0 Å². The molecule has 0 saturated carbocycles. The number of benzene rings is 2. The van der Waals surface area contributed by atoms with Gasteiger partial charge >= 0.3 is 168 Å². The first-order chi connectivity index (χ1) is 12.7. The van der Waals surface area contributed by atoms with Gasteiger partial charge in [0, 0.05) is 0 Å². The van der Waals surface area contributed by atoms with Crippen LogP contribution in [0.2, 0.25) is 0 Å². The molecule has 0 heterocycles. The van der Waals surface area contributed by atoms with Gasteiger partial charge in [-0.15, -0.1) is 24.8 Å². The smallest absolute Gasteiger partial charge is 0.147 e. The summed E-state index contributed by atoms with van der Waals surface area (Å²) in [6, 6.07) is 22.0. The van der Waals surface area contributed by atoms with Gasteiger partial charge in [0.25, 0.3) is 0 Å². The van der Waals surface area contributed by atoms with E-state index >= 15 is 0 Å². The third-order valence-corrected chi connectivity index (χ3v) is 9.51. The molecule has 0 radical (unpaired) electrons. The van der Waals surface area contributed by atoms with Crippen molar-refractivity contribution >= 4 is 28.0 Å². The summed E-state index contributed by atoms with van der Waals surface area (Å²) in [5, 5.41) is 0. The molecule has 3 heteroatoms. The number of hydrogen-bond donors (Lipinski definition) is 0. The maximum atomic E-state index is 2.34. The molecule has 2 aliphatic carbocycles. The molecule has 143 valence electrons. The van der Waals surface area contributed by atoms with Crippen LogP contribution in [-0.2, 0) is 22.8 Å². The minimum absolute atomic E-state index is 0. The largest absolute Gasteiger partial charge is 0.147 e.